The van der Waals surface area contributed by atoms with E-state index in [1.165, 1.54) is 7.11 Å². The molecular weight excluding hydrogens is 232 g/mol. The molecule has 6 heteroatoms. The second-order valence-corrected chi connectivity index (χ2v) is 7.07. The maximum absolute atomic E-state index is 11.7. The normalized spacial score (nSPS) is 31.6. The number of hydrogen-bond donors (Lipinski definition) is 0. The molecule has 0 radical (unpaired) electrons. The lowest BCUT2D eigenvalue weighted by molar-refractivity contribution is -0.139. The molecular formula is C10H18O5S. The molecule has 0 spiro atoms. The van der Waals surface area contributed by atoms with E-state index in [9.17, 15) is 8.42 Å². The summed E-state index contributed by atoms with van der Waals surface area (Å²) in [5.74, 6) is -0.600. The SMILES string of the molecule is COS(=O)(=O)C1(C[C@@H]2COC(C)(C)O2)CC1. The predicted octanol–water partition coefficient (Wildman–Crippen LogP) is 1.04. The first-order valence-corrected chi connectivity index (χ1v) is 6.83. The van der Waals surface area contributed by atoms with Crippen LogP contribution in [0, 0.1) is 0 Å². The van der Waals surface area contributed by atoms with Gasteiger partial charge in [0.2, 0.25) is 0 Å². The molecule has 0 amide bonds. The molecule has 0 unspecified atom stereocenters. The van der Waals surface area contributed by atoms with Crippen molar-refractivity contribution in [2.24, 2.45) is 0 Å². The van der Waals surface area contributed by atoms with Crippen molar-refractivity contribution < 1.29 is 22.1 Å². The molecule has 1 atom stereocenters. The quantitative estimate of drug-likeness (QED) is 0.698. The van der Waals surface area contributed by atoms with Crippen LogP contribution < -0.4 is 0 Å². The molecule has 0 bridgehead atoms. The second-order valence-electron chi connectivity index (χ2n) is 4.96. The van der Waals surface area contributed by atoms with Crippen molar-refractivity contribution in [2.75, 3.05) is 13.7 Å². The van der Waals surface area contributed by atoms with E-state index >= 15 is 0 Å². The van der Waals surface area contributed by atoms with Crippen molar-refractivity contribution in [3.8, 4) is 0 Å². The minimum atomic E-state index is -3.45. The third-order valence-corrected chi connectivity index (χ3v) is 5.30. The first kappa shape index (κ1) is 12.3. The zero-order valence-corrected chi connectivity index (χ0v) is 10.7. The molecule has 1 aliphatic carbocycles. The minimum Gasteiger partial charge on any atom is -0.348 e. The molecule has 0 aromatic rings. The third kappa shape index (κ3) is 2.11. The Balaban J connectivity index is 2.01. The Morgan fingerprint density at radius 3 is 2.38 bits per heavy atom. The molecule has 94 valence electrons. The van der Waals surface area contributed by atoms with Gasteiger partial charge in [-0.05, 0) is 33.1 Å². The topological polar surface area (TPSA) is 61.8 Å². The van der Waals surface area contributed by atoms with Gasteiger partial charge < -0.3 is 9.47 Å². The van der Waals surface area contributed by atoms with E-state index in [4.69, 9.17) is 9.47 Å². The van der Waals surface area contributed by atoms with Gasteiger partial charge in [0.1, 0.15) is 4.75 Å². The van der Waals surface area contributed by atoms with Gasteiger partial charge in [0.05, 0.1) is 19.8 Å². The van der Waals surface area contributed by atoms with Crippen LogP contribution >= 0.6 is 0 Å². The first-order valence-electron chi connectivity index (χ1n) is 5.42. The summed E-state index contributed by atoms with van der Waals surface area (Å²) in [4.78, 5) is 0. The number of ether oxygens (including phenoxy) is 2. The van der Waals surface area contributed by atoms with Crippen LogP contribution in [0.5, 0.6) is 0 Å². The van der Waals surface area contributed by atoms with Crippen molar-refractivity contribution >= 4 is 10.1 Å². The van der Waals surface area contributed by atoms with Gasteiger partial charge in [0.25, 0.3) is 10.1 Å². The van der Waals surface area contributed by atoms with Crippen LogP contribution in [0.25, 0.3) is 0 Å². The van der Waals surface area contributed by atoms with Gasteiger partial charge in [-0.2, -0.15) is 8.42 Å². The Morgan fingerprint density at radius 2 is 2.00 bits per heavy atom. The van der Waals surface area contributed by atoms with Gasteiger partial charge in [-0.25, -0.2) is 0 Å². The van der Waals surface area contributed by atoms with Crippen LogP contribution in [0.4, 0.5) is 0 Å². The highest BCUT2D eigenvalue weighted by atomic mass is 32.2. The van der Waals surface area contributed by atoms with Crippen molar-refractivity contribution in [3.63, 3.8) is 0 Å². The monoisotopic (exact) mass is 250 g/mol. The van der Waals surface area contributed by atoms with E-state index in [0.717, 1.165) is 0 Å². The molecule has 0 N–H and O–H groups in total. The number of hydrogen-bond acceptors (Lipinski definition) is 5. The zero-order valence-electron chi connectivity index (χ0n) is 9.86. The van der Waals surface area contributed by atoms with Gasteiger partial charge in [0, 0.05) is 0 Å². The average molecular weight is 250 g/mol. The third-order valence-electron chi connectivity index (χ3n) is 3.22. The van der Waals surface area contributed by atoms with Gasteiger partial charge >= 0.3 is 0 Å². The van der Waals surface area contributed by atoms with Gasteiger partial charge in [-0.1, -0.05) is 0 Å². The van der Waals surface area contributed by atoms with Crippen LogP contribution in [0.1, 0.15) is 33.1 Å². The minimum absolute atomic E-state index is 0.151. The van der Waals surface area contributed by atoms with E-state index in [1.54, 1.807) is 0 Å². The molecule has 5 nitrogen and oxygen atoms in total. The summed E-state index contributed by atoms with van der Waals surface area (Å²) in [5.41, 5.74) is 0. The van der Waals surface area contributed by atoms with Crippen molar-refractivity contribution in [3.05, 3.63) is 0 Å². The maximum atomic E-state index is 11.7. The molecule has 2 rings (SSSR count). The number of rotatable bonds is 4. The van der Waals surface area contributed by atoms with Crippen molar-refractivity contribution in [2.45, 2.75) is 49.7 Å². The highest BCUT2D eigenvalue weighted by Gasteiger charge is 2.57. The summed E-state index contributed by atoms with van der Waals surface area (Å²) >= 11 is 0. The summed E-state index contributed by atoms with van der Waals surface area (Å²) in [7, 11) is -2.23. The summed E-state index contributed by atoms with van der Waals surface area (Å²) in [5, 5.41) is 0. The molecule has 1 aliphatic heterocycles. The van der Waals surface area contributed by atoms with Gasteiger partial charge in [0.15, 0.2) is 5.79 Å². The summed E-state index contributed by atoms with van der Waals surface area (Å²) in [6.07, 6.45) is 1.63. The molecule has 0 aromatic carbocycles. The van der Waals surface area contributed by atoms with Crippen molar-refractivity contribution in [1.82, 2.24) is 0 Å². The Hall–Kier alpha value is -0.170. The molecule has 0 aromatic heterocycles. The first-order chi connectivity index (χ1) is 7.30. The zero-order chi connectivity index (χ0) is 12.0. The van der Waals surface area contributed by atoms with E-state index in [2.05, 4.69) is 4.18 Å². The lowest BCUT2D eigenvalue weighted by Crippen LogP contribution is -2.31. The molecule has 1 heterocycles. The molecule has 2 fully saturated rings. The highest BCUT2D eigenvalue weighted by Crippen LogP contribution is 2.49. The van der Waals surface area contributed by atoms with Crippen LogP contribution in [-0.2, 0) is 23.8 Å². The van der Waals surface area contributed by atoms with Crippen LogP contribution in [0.15, 0.2) is 0 Å². The molecule has 1 saturated carbocycles. The average Bonchev–Trinajstić information content (AvgIpc) is 2.88. The summed E-state index contributed by atoms with van der Waals surface area (Å²) in [6.45, 7) is 4.11. The van der Waals surface area contributed by atoms with Crippen LogP contribution in [-0.4, -0.2) is 38.8 Å². The second kappa shape index (κ2) is 3.66. The van der Waals surface area contributed by atoms with E-state index < -0.39 is 20.7 Å². The lowest BCUT2D eigenvalue weighted by Gasteiger charge is -2.20. The van der Waals surface area contributed by atoms with Gasteiger partial charge in [-0.3, -0.25) is 4.18 Å². The summed E-state index contributed by atoms with van der Waals surface area (Å²) < 4.78 is 38.3. The Bertz CT molecular complexity index is 369. The Kier molecular flexibility index (Phi) is 2.81. The fourth-order valence-corrected chi connectivity index (χ4v) is 3.50. The van der Waals surface area contributed by atoms with E-state index in [0.29, 0.717) is 25.9 Å². The molecule has 1 saturated heterocycles. The van der Waals surface area contributed by atoms with Crippen molar-refractivity contribution in [1.29, 1.82) is 0 Å². The lowest BCUT2D eigenvalue weighted by atomic mass is 10.2. The fourth-order valence-electron chi connectivity index (χ4n) is 2.15. The standard InChI is InChI=1S/C10H18O5S/c1-9(2)14-7-8(15-9)6-10(4-5-10)16(11,12)13-3/h8H,4-7H2,1-3H3/t8-/m1/s1. The molecule has 2 aliphatic rings. The maximum Gasteiger partial charge on any atom is 0.272 e. The van der Waals surface area contributed by atoms with Crippen LogP contribution in [0.2, 0.25) is 0 Å². The highest BCUT2D eigenvalue weighted by molar-refractivity contribution is 7.88. The fraction of sp³-hybridized carbons (Fsp3) is 1.00. The Morgan fingerprint density at radius 1 is 1.38 bits per heavy atom. The predicted molar refractivity (Wildman–Crippen MR) is 57.4 cm³/mol. The van der Waals surface area contributed by atoms with E-state index in [-0.39, 0.29) is 6.10 Å². The Labute approximate surface area is 96.2 Å². The van der Waals surface area contributed by atoms with Gasteiger partial charge in [-0.15, -0.1) is 0 Å². The summed E-state index contributed by atoms with van der Waals surface area (Å²) in [6, 6.07) is 0. The largest absolute Gasteiger partial charge is 0.348 e. The smallest absolute Gasteiger partial charge is 0.272 e. The van der Waals surface area contributed by atoms with E-state index in [1.807, 2.05) is 13.8 Å². The van der Waals surface area contributed by atoms with Crippen LogP contribution in [0.3, 0.4) is 0 Å². The molecule has 16 heavy (non-hydrogen) atoms.